The van der Waals surface area contributed by atoms with Crippen molar-refractivity contribution in [2.45, 2.75) is 39.7 Å². The fraction of sp³-hybridized carbons (Fsp3) is 0.500. The lowest BCUT2D eigenvalue weighted by molar-refractivity contribution is 0.406. The van der Waals surface area contributed by atoms with Crippen LogP contribution in [0, 0.1) is 5.92 Å². The molecule has 0 amide bonds. The lowest BCUT2D eigenvalue weighted by Crippen LogP contribution is -2.10. The largest absolute Gasteiger partial charge is 0.398 e. The molecule has 1 aromatic carbocycles. The van der Waals surface area contributed by atoms with E-state index in [0.29, 0.717) is 22.5 Å². The quantitative estimate of drug-likeness (QED) is 0.856. The number of aromatic nitrogens is 4. The number of benzene rings is 1. The Kier molecular flexibility index (Phi) is 4.60. The second-order valence-corrected chi connectivity index (χ2v) is 5.94. The molecule has 0 radical (unpaired) electrons. The molecule has 0 aliphatic rings. The molecule has 1 aromatic heterocycles. The summed E-state index contributed by atoms with van der Waals surface area (Å²) in [4.78, 5) is 0. The van der Waals surface area contributed by atoms with Crippen molar-refractivity contribution < 1.29 is 0 Å². The van der Waals surface area contributed by atoms with Crippen molar-refractivity contribution in [2.75, 3.05) is 5.73 Å². The molecular weight excluding hydrogens is 274 g/mol. The molecule has 1 unspecified atom stereocenters. The third-order valence-electron chi connectivity index (χ3n) is 3.33. The van der Waals surface area contributed by atoms with Crippen LogP contribution in [0.15, 0.2) is 18.2 Å². The van der Waals surface area contributed by atoms with E-state index >= 15 is 0 Å². The van der Waals surface area contributed by atoms with E-state index in [9.17, 15) is 0 Å². The van der Waals surface area contributed by atoms with Gasteiger partial charge in [-0.3, -0.25) is 0 Å². The van der Waals surface area contributed by atoms with Gasteiger partial charge in [-0.25, -0.2) is 4.68 Å². The van der Waals surface area contributed by atoms with E-state index in [-0.39, 0.29) is 6.04 Å². The average molecular weight is 294 g/mol. The van der Waals surface area contributed by atoms with Crippen LogP contribution >= 0.6 is 11.6 Å². The highest BCUT2D eigenvalue weighted by atomic mass is 35.5. The average Bonchev–Trinajstić information content (AvgIpc) is 2.85. The Morgan fingerprint density at radius 2 is 2.00 bits per heavy atom. The van der Waals surface area contributed by atoms with Gasteiger partial charge in [0.2, 0.25) is 0 Å². The summed E-state index contributed by atoms with van der Waals surface area (Å²) < 4.78 is 1.84. The van der Waals surface area contributed by atoms with Crippen LogP contribution in [0.3, 0.4) is 0 Å². The van der Waals surface area contributed by atoms with Gasteiger partial charge in [-0.1, -0.05) is 25.4 Å². The zero-order valence-electron chi connectivity index (χ0n) is 12.0. The third-order valence-corrected chi connectivity index (χ3v) is 3.56. The van der Waals surface area contributed by atoms with Crippen LogP contribution in [0.5, 0.6) is 0 Å². The number of hydrogen-bond acceptors (Lipinski definition) is 4. The number of nitrogens with zero attached hydrogens (tertiary/aromatic N) is 4. The van der Waals surface area contributed by atoms with E-state index < -0.39 is 0 Å². The van der Waals surface area contributed by atoms with Gasteiger partial charge < -0.3 is 5.73 Å². The number of nitrogen functional groups attached to an aromatic ring is 1. The molecule has 2 N–H and O–H groups in total. The number of tetrazole rings is 1. The predicted molar refractivity (Wildman–Crippen MR) is 81.5 cm³/mol. The first-order chi connectivity index (χ1) is 9.49. The van der Waals surface area contributed by atoms with Gasteiger partial charge in [0.25, 0.3) is 0 Å². The minimum absolute atomic E-state index is 0.234. The Balaban J connectivity index is 2.28. The predicted octanol–water partition coefficient (Wildman–Crippen LogP) is 3.57. The van der Waals surface area contributed by atoms with Gasteiger partial charge in [0.05, 0.1) is 6.04 Å². The van der Waals surface area contributed by atoms with Crippen LogP contribution in [0.2, 0.25) is 5.02 Å². The van der Waals surface area contributed by atoms with Crippen molar-refractivity contribution in [3.63, 3.8) is 0 Å². The van der Waals surface area contributed by atoms with Gasteiger partial charge in [-0.05, 0) is 54.3 Å². The van der Waals surface area contributed by atoms with Crippen molar-refractivity contribution >= 4 is 17.3 Å². The van der Waals surface area contributed by atoms with Crippen molar-refractivity contribution in [1.29, 1.82) is 0 Å². The minimum Gasteiger partial charge on any atom is -0.398 e. The Bertz CT molecular complexity index is 579. The summed E-state index contributed by atoms with van der Waals surface area (Å²) in [6, 6.07) is 5.60. The summed E-state index contributed by atoms with van der Waals surface area (Å²) in [7, 11) is 0. The SMILES string of the molecule is CC(C)CCC(C)n1nnnc1-c1ccc(Cl)cc1N. The monoisotopic (exact) mass is 293 g/mol. The van der Waals surface area contributed by atoms with Gasteiger partial charge in [0.15, 0.2) is 5.82 Å². The van der Waals surface area contributed by atoms with Gasteiger partial charge in [0, 0.05) is 16.3 Å². The molecule has 1 heterocycles. The molecule has 0 saturated heterocycles. The molecule has 0 aliphatic carbocycles. The Morgan fingerprint density at radius 1 is 1.25 bits per heavy atom. The van der Waals surface area contributed by atoms with Crippen LogP contribution in [-0.2, 0) is 0 Å². The molecule has 2 rings (SSSR count). The van der Waals surface area contributed by atoms with Crippen molar-refractivity contribution in [3.05, 3.63) is 23.2 Å². The first-order valence-electron chi connectivity index (χ1n) is 6.82. The second kappa shape index (κ2) is 6.22. The van der Waals surface area contributed by atoms with Crippen LogP contribution in [0.1, 0.15) is 39.7 Å². The molecule has 0 fully saturated rings. The number of hydrogen-bond donors (Lipinski definition) is 1. The molecule has 6 heteroatoms. The highest BCUT2D eigenvalue weighted by Crippen LogP contribution is 2.29. The van der Waals surface area contributed by atoms with E-state index in [4.69, 9.17) is 17.3 Å². The first-order valence-corrected chi connectivity index (χ1v) is 7.20. The maximum absolute atomic E-state index is 6.01. The number of anilines is 1. The van der Waals surface area contributed by atoms with Gasteiger partial charge in [-0.2, -0.15) is 0 Å². The van der Waals surface area contributed by atoms with E-state index in [1.807, 2.05) is 10.7 Å². The van der Waals surface area contributed by atoms with Gasteiger partial charge >= 0.3 is 0 Å². The lowest BCUT2D eigenvalue weighted by Gasteiger charge is -2.15. The third kappa shape index (κ3) is 3.28. The maximum Gasteiger partial charge on any atom is 0.184 e. The van der Waals surface area contributed by atoms with Crippen LogP contribution in [0.25, 0.3) is 11.4 Å². The summed E-state index contributed by atoms with van der Waals surface area (Å²) >= 11 is 5.93. The molecule has 0 bridgehead atoms. The molecule has 0 spiro atoms. The highest BCUT2D eigenvalue weighted by molar-refractivity contribution is 6.31. The number of nitrogens with two attached hydrogens (primary N) is 1. The Hall–Kier alpha value is -1.62. The summed E-state index contributed by atoms with van der Waals surface area (Å²) in [5.74, 6) is 1.36. The van der Waals surface area contributed by atoms with Crippen LogP contribution < -0.4 is 5.73 Å². The summed E-state index contributed by atoms with van der Waals surface area (Å²) in [6.07, 6.45) is 2.17. The van der Waals surface area contributed by atoms with Crippen LogP contribution in [-0.4, -0.2) is 20.2 Å². The fourth-order valence-corrected chi connectivity index (χ4v) is 2.28. The van der Waals surface area contributed by atoms with E-state index in [1.165, 1.54) is 0 Å². The highest BCUT2D eigenvalue weighted by Gasteiger charge is 2.17. The van der Waals surface area contributed by atoms with E-state index in [0.717, 1.165) is 18.4 Å². The smallest absolute Gasteiger partial charge is 0.184 e. The number of rotatable bonds is 5. The first kappa shape index (κ1) is 14.8. The summed E-state index contributed by atoms with van der Waals surface area (Å²) in [6.45, 7) is 6.54. The van der Waals surface area contributed by atoms with Gasteiger partial charge in [-0.15, -0.1) is 5.10 Å². The topological polar surface area (TPSA) is 69.6 Å². The maximum atomic E-state index is 6.01. The molecule has 1 atom stereocenters. The molecule has 20 heavy (non-hydrogen) atoms. The molecule has 0 aliphatic heterocycles. The normalized spacial score (nSPS) is 12.8. The van der Waals surface area contributed by atoms with Crippen molar-refractivity contribution in [3.8, 4) is 11.4 Å². The zero-order valence-corrected chi connectivity index (χ0v) is 12.8. The lowest BCUT2D eigenvalue weighted by atomic mass is 10.0. The molecule has 0 saturated carbocycles. The van der Waals surface area contributed by atoms with E-state index in [2.05, 4.69) is 36.3 Å². The number of halogens is 1. The zero-order chi connectivity index (χ0) is 14.7. The molecule has 2 aromatic rings. The molecular formula is C14H20ClN5. The van der Waals surface area contributed by atoms with Crippen molar-refractivity contribution in [1.82, 2.24) is 20.2 Å². The van der Waals surface area contributed by atoms with Gasteiger partial charge in [0.1, 0.15) is 0 Å². The minimum atomic E-state index is 0.234. The van der Waals surface area contributed by atoms with Crippen LogP contribution in [0.4, 0.5) is 5.69 Å². The Morgan fingerprint density at radius 3 is 2.65 bits per heavy atom. The molecule has 108 valence electrons. The van der Waals surface area contributed by atoms with E-state index in [1.54, 1.807) is 12.1 Å². The fourth-order valence-electron chi connectivity index (χ4n) is 2.10. The summed E-state index contributed by atoms with van der Waals surface area (Å²) in [5.41, 5.74) is 7.41. The summed E-state index contributed by atoms with van der Waals surface area (Å²) in [5, 5.41) is 12.6. The Labute approximate surface area is 124 Å². The molecule has 5 nitrogen and oxygen atoms in total. The van der Waals surface area contributed by atoms with Crippen molar-refractivity contribution in [2.24, 2.45) is 5.92 Å². The second-order valence-electron chi connectivity index (χ2n) is 5.50. The standard InChI is InChI=1S/C14H20ClN5/c1-9(2)4-5-10(3)20-14(17-18-19-20)12-7-6-11(15)8-13(12)16/h6-10H,4-5,16H2,1-3H3.